The third kappa shape index (κ3) is 3.42. The Balaban J connectivity index is 2.66. The molecule has 1 heterocycles. The van der Waals surface area contributed by atoms with Crippen LogP contribution in [0.3, 0.4) is 0 Å². The van der Waals surface area contributed by atoms with E-state index in [9.17, 15) is 9.59 Å². The Bertz CT molecular complexity index is 477. The molecule has 0 atom stereocenters. The van der Waals surface area contributed by atoms with Crippen LogP contribution in [0.4, 0.5) is 5.82 Å². The van der Waals surface area contributed by atoms with Gasteiger partial charge < -0.3 is 10.6 Å². The molecule has 0 saturated carbocycles. The van der Waals surface area contributed by atoms with Gasteiger partial charge in [-0.05, 0) is 13.0 Å². The summed E-state index contributed by atoms with van der Waals surface area (Å²) in [6.45, 7) is 4.38. The van der Waals surface area contributed by atoms with Crippen molar-refractivity contribution in [2.75, 3.05) is 25.0 Å². The van der Waals surface area contributed by atoms with E-state index in [0.29, 0.717) is 6.54 Å². The van der Waals surface area contributed by atoms with Crippen LogP contribution >= 0.6 is 0 Å². The van der Waals surface area contributed by atoms with Crippen LogP contribution in [0.2, 0.25) is 0 Å². The lowest BCUT2D eigenvalue weighted by Crippen LogP contribution is -2.40. The molecule has 1 rings (SSSR count). The van der Waals surface area contributed by atoms with E-state index < -0.39 is 11.2 Å². The predicted molar refractivity (Wildman–Crippen MR) is 66.4 cm³/mol. The summed E-state index contributed by atoms with van der Waals surface area (Å²) in [5.74, 6) is 0.202. The fourth-order valence-corrected chi connectivity index (χ4v) is 1.38. The lowest BCUT2D eigenvalue weighted by molar-refractivity contribution is 0.602. The largest absolute Gasteiger partial charge is 0.363 e. The standard InChI is InChI=1S/C10H19N5O2/c1-4-5-11-6-7-12-8-9(16)14(2)10(17)15(3)13-8/h11H,4-7H2,1-3H3,(H,12,13). The molecule has 0 aliphatic rings. The second kappa shape index (κ2) is 6.19. The summed E-state index contributed by atoms with van der Waals surface area (Å²) >= 11 is 0. The lowest BCUT2D eigenvalue weighted by atomic mass is 10.4. The third-order valence-electron chi connectivity index (χ3n) is 2.34. The highest BCUT2D eigenvalue weighted by molar-refractivity contribution is 5.29. The minimum absolute atomic E-state index is 0.202. The Morgan fingerprint density at radius 1 is 1.18 bits per heavy atom. The van der Waals surface area contributed by atoms with Gasteiger partial charge in [0.2, 0.25) is 5.82 Å². The van der Waals surface area contributed by atoms with Crippen molar-refractivity contribution in [2.24, 2.45) is 14.1 Å². The molecule has 0 aromatic carbocycles. The van der Waals surface area contributed by atoms with E-state index >= 15 is 0 Å². The first-order valence-corrected chi connectivity index (χ1v) is 5.66. The number of aryl methyl sites for hydroxylation is 1. The SMILES string of the molecule is CCCNCCNc1nn(C)c(=O)n(C)c1=O. The van der Waals surface area contributed by atoms with E-state index in [4.69, 9.17) is 0 Å². The topological polar surface area (TPSA) is 81.0 Å². The summed E-state index contributed by atoms with van der Waals surface area (Å²) in [7, 11) is 2.95. The summed E-state index contributed by atoms with van der Waals surface area (Å²) in [6, 6.07) is 0. The second-order valence-corrected chi connectivity index (χ2v) is 3.80. The van der Waals surface area contributed by atoms with E-state index in [0.717, 1.165) is 28.8 Å². The van der Waals surface area contributed by atoms with Crippen molar-refractivity contribution < 1.29 is 0 Å². The first-order valence-electron chi connectivity index (χ1n) is 5.66. The van der Waals surface area contributed by atoms with Gasteiger partial charge in [0, 0.05) is 27.2 Å². The molecule has 0 bridgehead atoms. The minimum atomic E-state index is -0.426. The van der Waals surface area contributed by atoms with Gasteiger partial charge in [-0.3, -0.25) is 9.36 Å². The molecule has 0 saturated heterocycles. The monoisotopic (exact) mass is 241 g/mol. The second-order valence-electron chi connectivity index (χ2n) is 3.80. The van der Waals surface area contributed by atoms with Gasteiger partial charge >= 0.3 is 5.69 Å². The quantitative estimate of drug-likeness (QED) is 0.617. The first kappa shape index (κ1) is 13.4. The molecule has 1 aromatic rings. The molecule has 0 radical (unpaired) electrons. The Morgan fingerprint density at radius 2 is 1.88 bits per heavy atom. The van der Waals surface area contributed by atoms with Crippen LogP contribution in [0.1, 0.15) is 13.3 Å². The molecular formula is C10H19N5O2. The van der Waals surface area contributed by atoms with Crippen LogP contribution in [0.25, 0.3) is 0 Å². The molecular weight excluding hydrogens is 222 g/mol. The van der Waals surface area contributed by atoms with Gasteiger partial charge in [-0.1, -0.05) is 6.92 Å². The number of nitrogens with zero attached hydrogens (tertiary/aromatic N) is 3. The normalized spacial score (nSPS) is 10.5. The first-order chi connectivity index (χ1) is 8.07. The number of hydrogen-bond acceptors (Lipinski definition) is 5. The third-order valence-corrected chi connectivity index (χ3v) is 2.34. The molecule has 0 aliphatic carbocycles. The summed E-state index contributed by atoms with van der Waals surface area (Å²) in [6.07, 6.45) is 1.07. The highest BCUT2D eigenvalue weighted by Crippen LogP contribution is 1.87. The van der Waals surface area contributed by atoms with Gasteiger partial charge in [0.25, 0.3) is 5.56 Å². The average Bonchev–Trinajstić information content (AvgIpc) is 2.32. The van der Waals surface area contributed by atoms with Crippen molar-refractivity contribution >= 4 is 5.82 Å². The molecule has 0 fully saturated rings. The van der Waals surface area contributed by atoms with Crippen LogP contribution in [0.5, 0.6) is 0 Å². The Morgan fingerprint density at radius 3 is 2.53 bits per heavy atom. The lowest BCUT2D eigenvalue weighted by Gasteiger charge is -2.08. The maximum Gasteiger partial charge on any atom is 0.346 e. The van der Waals surface area contributed by atoms with Crippen molar-refractivity contribution in [3.05, 3.63) is 20.8 Å². The molecule has 0 spiro atoms. The smallest absolute Gasteiger partial charge is 0.346 e. The number of anilines is 1. The van der Waals surface area contributed by atoms with E-state index in [1.54, 1.807) is 0 Å². The zero-order chi connectivity index (χ0) is 12.8. The van der Waals surface area contributed by atoms with Crippen molar-refractivity contribution in [3.63, 3.8) is 0 Å². The fraction of sp³-hybridized carbons (Fsp3) is 0.700. The van der Waals surface area contributed by atoms with Crippen LogP contribution < -0.4 is 21.9 Å². The Hall–Kier alpha value is -1.63. The maximum absolute atomic E-state index is 11.7. The Labute approximate surface area is 99.5 Å². The molecule has 0 aliphatic heterocycles. The van der Waals surface area contributed by atoms with Gasteiger partial charge in [-0.15, -0.1) is 5.10 Å². The van der Waals surface area contributed by atoms with Crippen molar-refractivity contribution in [2.45, 2.75) is 13.3 Å². The van der Waals surface area contributed by atoms with Gasteiger partial charge in [-0.25, -0.2) is 9.48 Å². The fourth-order valence-electron chi connectivity index (χ4n) is 1.38. The molecule has 2 N–H and O–H groups in total. The number of nitrogens with one attached hydrogen (secondary N) is 2. The molecule has 0 unspecified atom stereocenters. The van der Waals surface area contributed by atoms with E-state index in [1.807, 2.05) is 0 Å². The molecule has 7 nitrogen and oxygen atoms in total. The molecule has 0 amide bonds. The van der Waals surface area contributed by atoms with Gasteiger partial charge in [0.05, 0.1) is 0 Å². The van der Waals surface area contributed by atoms with Crippen LogP contribution in [-0.4, -0.2) is 34.0 Å². The predicted octanol–water partition coefficient (Wildman–Crippen LogP) is -1.11. The number of hydrogen-bond donors (Lipinski definition) is 2. The van der Waals surface area contributed by atoms with Gasteiger partial charge in [-0.2, -0.15) is 0 Å². The molecule has 1 aromatic heterocycles. The number of aromatic nitrogens is 3. The average molecular weight is 241 g/mol. The van der Waals surface area contributed by atoms with E-state index in [-0.39, 0.29) is 5.82 Å². The highest BCUT2D eigenvalue weighted by Gasteiger charge is 2.07. The van der Waals surface area contributed by atoms with Gasteiger partial charge in [0.15, 0.2) is 0 Å². The van der Waals surface area contributed by atoms with Crippen LogP contribution in [0.15, 0.2) is 9.59 Å². The molecule has 7 heteroatoms. The zero-order valence-electron chi connectivity index (χ0n) is 10.5. The van der Waals surface area contributed by atoms with Gasteiger partial charge in [0.1, 0.15) is 0 Å². The highest BCUT2D eigenvalue weighted by atomic mass is 16.2. The maximum atomic E-state index is 11.7. The minimum Gasteiger partial charge on any atom is -0.363 e. The van der Waals surface area contributed by atoms with Crippen molar-refractivity contribution in [1.82, 2.24) is 19.7 Å². The van der Waals surface area contributed by atoms with Crippen molar-refractivity contribution in [3.8, 4) is 0 Å². The number of rotatable bonds is 6. The zero-order valence-corrected chi connectivity index (χ0v) is 10.5. The molecule has 17 heavy (non-hydrogen) atoms. The Kier molecular flexibility index (Phi) is 4.89. The summed E-state index contributed by atoms with van der Waals surface area (Å²) in [5.41, 5.74) is -0.826. The summed E-state index contributed by atoms with van der Waals surface area (Å²) in [5, 5.41) is 9.99. The molecule has 96 valence electrons. The van der Waals surface area contributed by atoms with E-state index in [1.165, 1.54) is 14.1 Å². The van der Waals surface area contributed by atoms with Crippen molar-refractivity contribution in [1.29, 1.82) is 0 Å². The van der Waals surface area contributed by atoms with Crippen LogP contribution in [-0.2, 0) is 14.1 Å². The summed E-state index contributed by atoms with van der Waals surface area (Å²) in [4.78, 5) is 23.0. The van der Waals surface area contributed by atoms with E-state index in [2.05, 4.69) is 22.7 Å². The van der Waals surface area contributed by atoms with Crippen LogP contribution in [0, 0.1) is 0 Å². The summed E-state index contributed by atoms with van der Waals surface area (Å²) < 4.78 is 2.18.